The molecule has 1 aromatic carbocycles. The summed E-state index contributed by atoms with van der Waals surface area (Å²) in [5.41, 5.74) is 1.18. The van der Waals surface area contributed by atoms with Gasteiger partial charge in [0.05, 0.1) is 5.52 Å². The molecule has 4 heteroatoms. The van der Waals surface area contributed by atoms with Crippen molar-refractivity contribution in [2.45, 2.75) is 38.6 Å². The minimum Gasteiger partial charge on any atom is -0.478 e. The maximum absolute atomic E-state index is 11.6. The predicted octanol–water partition coefficient (Wildman–Crippen LogP) is 3.70. The summed E-state index contributed by atoms with van der Waals surface area (Å²) in [6.07, 6.45) is 4.43. The standard InChI is InChI=1S/C17H20N2O2/c1-2-3-10-19(13-8-9-13)16-14(17(20)21)11-12-6-4-5-7-15(12)18-16/h4-7,11,13H,2-3,8-10H2,1H3,(H,20,21). The van der Waals surface area contributed by atoms with Gasteiger partial charge in [-0.15, -0.1) is 0 Å². The third-order valence-corrected chi connectivity index (χ3v) is 3.95. The van der Waals surface area contributed by atoms with Crippen LogP contribution in [-0.2, 0) is 0 Å². The molecule has 1 fully saturated rings. The van der Waals surface area contributed by atoms with Gasteiger partial charge in [0, 0.05) is 18.0 Å². The molecule has 21 heavy (non-hydrogen) atoms. The zero-order chi connectivity index (χ0) is 14.8. The number of hydrogen-bond acceptors (Lipinski definition) is 3. The van der Waals surface area contributed by atoms with Crippen LogP contribution in [0.15, 0.2) is 30.3 Å². The first-order chi connectivity index (χ1) is 10.2. The Kier molecular flexibility index (Phi) is 3.78. The van der Waals surface area contributed by atoms with E-state index >= 15 is 0 Å². The molecule has 1 aromatic heterocycles. The van der Waals surface area contributed by atoms with Gasteiger partial charge < -0.3 is 10.0 Å². The summed E-state index contributed by atoms with van der Waals surface area (Å²) in [7, 11) is 0. The van der Waals surface area contributed by atoms with Crippen molar-refractivity contribution < 1.29 is 9.90 Å². The zero-order valence-electron chi connectivity index (χ0n) is 12.2. The van der Waals surface area contributed by atoms with E-state index in [2.05, 4.69) is 16.8 Å². The third kappa shape index (κ3) is 2.84. The summed E-state index contributed by atoms with van der Waals surface area (Å²) in [5.74, 6) is -0.262. The Morgan fingerprint density at radius 2 is 2.14 bits per heavy atom. The molecule has 1 N–H and O–H groups in total. The lowest BCUT2D eigenvalue weighted by atomic mass is 10.1. The lowest BCUT2D eigenvalue weighted by Gasteiger charge is -2.25. The molecule has 4 nitrogen and oxygen atoms in total. The van der Waals surface area contributed by atoms with Crippen molar-refractivity contribution in [2.75, 3.05) is 11.4 Å². The summed E-state index contributed by atoms with van der Waals surface area (Å²) in [6, 6.07) is 9.91. The van der Waals surface area contributed by atoms with Crippen LogP contribution in [0, 0.1) is 0 Å². The third-order valence-electron chi connectivity index (χ3n) is 3.95. The number of anilines is 1. The molecule has 110 valence electrons. The Morgan fingerprint density at radius 1 is 1.38 bits per heavy atom. The van der Waals surface area contributed by atoms with Crippen molar-refractivity contribution in [2.24, 2.45) is 0 Å². The number of pyridine rings is 1. The Hall–Kier alpha value is -2.10. The second-order valence-corrected chi connectivity index (χ2v) is 5.64. The molecule has 0 radical (unpaired) electrons. The van der Waals surface area contributed by atoms with Crippen molar-refractivity contribution in [3.8, 4) is 0 Å². The van der Waals surface area contributed by atoms with Gasteiger partial charge >= 0.3 is 5.97 Å². The van der Waals surface area contributed by atoms with Crippen molar-refractivity contribution >= 4 is 22.7 Å². The van der Waals surface area contributed by atoms with Crippen molar-refractivity contribution in [3.63, 3.8) is 0 Å². The predicted molar refractivity (Wildman–Crippen MR) is 84.0 cm³/mol. The van der Waals surface area contributed by atoms with Crippen LogP contribution in [0.5, 0.6) is 0 Å². The van der Waals surface area contributed by atoms with Gasteiger partial charge in [-0.25, -0.2) is 9.78 Å². The maximum atomic E-state index is 11.6. The van der Waals surface area contributed by atoms with E-state index in [-0.39, 0.29) is 0 Å². The molecular weight excluding hydrogens is 264 g/mol. The van der Waals surface area contributed by atoms with Crippen LogP contribution in [-0.4, -0.2) is 28.6 Å². The highest BCUT2D eigenvalue weighted by molar-refractivity contribution is 5.98. The molecule has 1 heterocycles. The molecule has 1 aliphatic rings. The summed E-state index contributed by atoms with van der Waals surface area (Å²) >= 11 is 0. The van der Waals surface area contributed by atoms with Crippen LogP contribution < -0.4 is 4.90 Å². The first kappa shape index (κ1) is 13.9. The molecule has 0 amide bonds. The molecule has 0 saturated heterocycles. The molecule has 0 bridgehead atoms. The van der Waals surface area contributed by atoms with E-state index in [1.54, 1.807) is 6.07 Å². The van der Waals surface area contributed by atoms with E-state index in [1.807, 2.05) is 24.3 Å². The number of carboxylic acids is 1. The van der Waals surface area contributed by atoms with Crippen LogP contribution in [0.3, 0.4) is 0 Å². The molecule has 0 spiro atoms. The van der Waals surface area contributed by atoms with Crippen molar-refractivity contribution in [1.82, 2.24) is 4.98 Å². The molecule has 0 atom stereocenters. The minimum absolute atomic E-state index is 0.316. The van der Waals surface area contributed by atoms with Crippen LogP contribution >= 0.6 is 0 Å². The van der Waals surface area contributed by atoms with Crippen LogP contribution in [0.1, 0.15) is 43.0 Å². The van der Waals surface area contributed by atoms with Gasteiger partial charge in [-0.3, -0.25) is 0 Å². The fraction of sp³-hybridized carbons (Fsp3) is 0.412. The highest BCUT2D eigenvalue weighted by Gasteiger charge is 2.32. The Bertz CT molecular complexity index is 665. The monoisotopic (exact) mass is 284 g/mol. The van der Waals surface area contributed by atoms with Crippen molar-refractivity contribution in [1.29, 1.82) is 0 Å². The number of para-hydroxylation sites is 1. The fourth-order valence-electron chi connectivity index (χ4n) is 2.66. The molecule has 1 saturated carbocycles. The minimum atomic E-state index is -0.898. The largest absolute Gasteiger partial charge is 0.478 e. The first-order valence-corrected chi connectivity index (χ1v) is 7.60. The summed E-state index contributed by atoms with van der Waals surface area (Å²) in [6.45, 7) is 3.03. The molecular formula is C17H20N2O2. The second kappa shape index (κ2) is 5.72. The van der Waals surface area contributed by atoms with Crippen molar-refractivity contribution in [3.05, 3.63) is 35.9 Å². The van der Waals surface area contributed by atoms with Crippen LogP contribution in [0.4, 0.5) is 5.82 Å². The zero-order valence-corrected chi connectivity index (χ0v) is 12.2. The topological polar surface area (TPSA) is 53.4 Å². The van der Waals surface area contributed by atoms with E-state index in [4.69, 9.17) is 0 Å². The van der Waals surface area contributed by atoms with E-state index < -0.39 is 5.97 Å². The number of rotatable bonds is 6. The number of carboxylic acid groups (broad SMARTS) is 1. The van der Waals surface area contributed by atoms with E-state index in [9.17, 15) is 9.90 Å². The molecule has 0 aliphatic heterocycles. The van der Waals surface area contributed by atoms with Gasteiger partial charge in [0.2, 0.25) is 0 Å². The number of benzene rings is 1. The highest BCUT2D eigenvalue weighted by atomic mass is 16.4. The average Bonchev–Trinajstić information content (AvgIpc) is 3.31. The van der Waals surface area contributed by atoms with Crippen LogP contribution in [0.2, 0.25) is 0 Å². The smallest absolute Gasteiger partial charge is 0.339 e. The summed E-state index contributed by atoms with van der Waals surface area (Å²) in [4.78, 5) is 18.5. The number of unbranched alkanes of at least 4 members (excludes halogenated alkanes) is 1. The van der Waals surface area contributed by atoms with Gasteiger partial charge in [-0.05, 0) is 31.4 Å². The number of aromatic carboxylic acids is 1. The van der Waals surface area contributed by atoms with Gasteiger partial charge in [0.25, 0.3) is 0 Å². The highest BCUT2D eigenvalue weighted by Crippen LogP contribution is 2.34. The lowest BCUT2D eigenvalue weighted by Crippen LogP contribution is -2.29. The second-order valence-electron chi connectivity index (χ2n) is 5.64. The quantitative estimate of drug-likeness (QED) is 0.878. The number of aromatic nitrogens is 1. The maximum Gasteiger partial charge on any atom is 0.339 e. The number of hydrogen-bond donors (Lipinski definition) is 1. The Morgan fingerprint density at radius 3 is 2.81 bits per heavy atom. The van der Waals surface area contributed by atoms with Gasteiger partial charge in [0.15, 0.2) is 0 Å². The van der Waals surface area contributed by atoms with E-state index in [1.165, 1.54) is 0 Å². The average molecular weight is 284 g/mol. The Balaban J connectivity index is 2.09. The number of fused-ring (bicyclic) bond motifs is 1. The van der Waals surface area contributed by atoms with Gasteiger partial charge in [0.1, 0.15) is 11.4 Å². The fourth-order valence-corrected chi connectivity index (χ4v) is 2.66. The molecule has 2 aromatic rings. The van der Waals surface area contributed by atoms with E-state index in [0.29, 0.717) is 17.4 Å². The summed E-state index contributed by atoms with van der Waals surface area (Å²) in [5, 5.41) is 10.4. The molecule has 3 rings (SSSR count). The lowest BCUT2D eigenvalue weighted by molar-refractivity contribution is 0.0697. The number of carbonyl (C=O) groups is 1. The molecule has 0 unspecified atom stereocenters. The molecule has 1 aliphatic carbocycles. The van der Waals surface area contributed by atoms with Gasteiger partial charge in [-0.1, -0.05) is 31.5 Å². The van der Waals surface area contributed by atoms with Gasteiger partial charge in [-0.2, -0.15) is 0 Å². The Labute approximate surface area is 124 Å². The normalized spacial score (nSPS) is 14.3. The SMILES string of the molecule is CCCCN(c1nc2ccccc2cc1C(=O)O)C1CC1. The van der Waals surface area contributed by atoms with Crippen LogP contribution in [0.25, 0.3) is 10.9 Å². The van der Waals surface area contributed by atoms with E-state index in [0.717, 1.165) is 43.1 Å². The number of nitrogens with zero attached hydrogens (tertiary/aromatic N) is 2. The summed E-state index contributed by atoms with van der Waals surface area (Å²) < 4.78 is 0. The first-order valence-electron chi connectivity index (χ1n) is 7.60.